The Balaban J connectivity index is 2.84. The zero-order valence-electron chi connectivity index (χ0n) is 13.5. The highest BCUT2D eigenvalue weighted by atomic mass is 16.6. The molecule has 1 saturated heterocycles. The molecule has 3 N–H and O–H groups in total. The van der Waals surface area contributed by atoms with Crippen molar-refractivity contribution in [3.05, 3.63) is 0 Å². The van der Waals surface area contributed by atoms with Gasteiger partial charge in [-0.25, -0.2) is 4.79 Å². The van der Waals surface area contributed by atoms with Crippen LogP contribution in [0.3, 0.4) is 0 Å². The lowest BCUT2D eigenvalue weighted by Gasteiger charge is -2.45. The Labute approximate surface area is 122 Å². The molecule has 0 spiro atoms. The standard InChI is InChI=1S/C15H30N2O3/c1-14(2,3)20-13(19)17-10-15(4,5)8-6-11(17)12(18)7-9-16/h11-12,18H,6-10,16H2,1-5H3/t11?,12-/m1/s1. The van der Waals surface area contributed by atoms with E-state index in [1.54, 1.807) is 4.90 Å². The summed E-state index contributed by atoms with van der Waals surface area (Å²) >= 11 is 0. The highest BCUT2D eigenvalue weighted by Gasteiger charge is 2.40. The molecule has 0 aromatic heterocycles. The van der Waals surface area contributed by atoms with Crippen LogP contribution in [-0.2, 0) is 4.74 Å². The molecule has 1 unspecified atom stereocenters. The molecule has 5 heteroatoms. The van der Waals surface area contributed by atoms with Crippen LogP contribution < -0.4 is 5.73 Å². The number of carbonyl (C=O) groups excluding carboxylic acids is 1. The molecule has 0 saturated carbocycles. The van der Waals surface area contributed by atoms with E-state index in [9.17, 15) is 9.90 Å². The first-order valence-corrected chi connectivity index (χ1v) is 7.43. The quantitative estimate of drug-likeness (QED) is 0.833. The van der Waals surface area contributed by atoms with Crippen molar-refractivity contribution in [3.8, 4) is 0 Å². The molecule has 1 heterocycles. The van der Waals surface area contributed by atoms with Crippen molar-refractivity contribution in [1.29, 1.82) is 0 Å². The average Bonchev–Trinajstić information content (AvgIpc) is 2.25. The maximum atomic E-state index is 12.4. The summed E-state index contributed by atoms with van der Waals surface area (Å²) in [5, 5.41) is 10.2. The van der Waals surface area contributed by atoms with Gasteiger partial charge in [-0.15, -0.1) is 0 Å². The summed E-state index contributed by atoms with van der Waals surface area (Å²) in [5.41, 5.74) is 5.04. The van der Waals surface area contributed by atoms with Crippen molar-refractivity contribution in [2.75, 3.05) is 13.1 Å². The number of hydrogen-bond acceptors (Lipinski definition) is 4. The summed E-state index contributed by atoms with van der Waals surface area (Å²) in [6, 6.07) is -0.193. The Morgan fingerprint density at radius 2 is 2.10 bits per heavy atom. The van der Waals surface area contributed by atoms with Gasteiger partial charge in [0.2, 0.25) is 0 Å². The number of hydrogen-bond donors (Lipinski definition) is 2. The van der Waals surface area contributed by atoms with Crippen molar-refractivity contribution in [2.24, 2.45) is 11.1 Å². The molecule has 1 rings (SSSR count). The molecule has 0 aromatic rings. The molecule has 2 atom stereocenters. The maximum Gasteiger partial charge on any atom is 0.410 e. The summed E-state index contributed by atoms with van der Waals surface area (Å²) in [6.07, 6.45) is 1.35. The van der Waals surface area contributed by atoms with Crippen LogP contribution in [0.25, 0.3) is 0 Å². The minimum Gasteiger partial charge on any atom is -0.444 e. The predicted octanol–water partition coefficient (Wildman–Crippen LogP) is 2.12. The second-order valence-electron chi connectivity index (χ2n) is 7.52. The molecule has 20 heavy (non-hydrogen) atoms. The van der Waals surface area contributed by atoms with Crippen molar-refractivity contribution in [2.45, 2.75) is 71.6 Å². The lowest BCUT2D eigenvalue weighted by Crippen LogP contribution is -2.55. The van der Waals surface area contributed by atoms with Crippen molar-refractivity contribution in [3.63, 3.8) is 0 Å². The molecule has 0 bridgehead atoms. The van der Waals surface area contributed by atoms with E-state index < -0.39 is 11.7 Å². The monoisotopic (exact) mass is 286 g/mol. The number of carbonyl (C=O) groups is 1. The van der Waals surface area contributed by atoms with Crippen LogP contribution in [0.4, 0.5) is 4.79 Å². The highest BCUT2D eigenvalue weighted by molar-refractivity contribution is 5.69. The number of ether oxygens (including phenoxy) is 1. The van der Waals surface area contributed by atoms with Gasteiger partial charge in [-0.3, -0.25) is 0 Å². The number of nitrogens with two attached hydrogens (primary N) is 1. The van der Waals surface area contributed by atoms with E-state index in [1.807, 2.05) is 20.8 Å². The zero-order chi connectivity index (χ0) is 15.6. The summed E-state index contributed by atoms with van der Waals surface area (Å²) in [4.78, 5) is 14.1. The predicted molar refractivity (Wildman–Crippen MR) is 79.4 cm³/mol. The smallest absolute Gasteiger partial charge is 0.410 e. The van der Waals surface area contributed by atoms with E-state index in [-0.39, 0.29) is 17.6 Å². The van der Waals surface area contributed by atoms with Gasteiger partial charge in [0.1, 0.15) is 5.60 Å². The van der Waals surface area contributed by atoms with E-state index in [0.29, 0.717) is 19.5 Å². The lowest BCUT2D eigenvalue weighted by atomic mass is 9.80. The molecular weight excluding hydrogens is 256 g/mol. The number of amides is 1. The number of nitrogens with zero attached hydrogens (tertiary/aromatic N) is 1. The summed E-state index contributed by atoms with van der Waals surface area (Å²) in [7, 11) is 0. The molecule has 1 amide bonds. The zero-order valence-corrected chi connectivity index (χ0v) is 13.5. The Morgan fingerprint density at radius 1 is 1.50 bits per heavy atom. The van der Waals surface area contributed by atoms with Crippen LogP contribution in [-0.4, -0.2) is 46.9 Å². The van der Waals surface area contributed by atoms with Crippen molar-refractivity contribution in [1.82, 2.24) is 4.90 Å². The van der Waals surface area contributed by atoms with Crippen LogP contribution in [0.15, 0.2) is 0 Å². The normalized spacial score (nSPS) is 24.4. The molecule has 1 fully saturated rings. The number of aliphatic hydroxyl groups excluding tert-OH is 1. The molecule has 118 valence electrons. The van der Waals surface area contributed by atoms with Crippen LogP contribution in [0.5, 0.6) is 0 Å². The fourth-order valence-corrected chi connectivity index (χ4v) is 2.64. The van der Waals surface area contributed by atoms with Gasteiger partial charge in [-0.2, -0.15) is 0 Å². The third kappa shape index (κ3) is 4.94. The van der Waals surface area contributed by atoms with Gasteiger partial charge in [0.05, 0.1) is 12.1 Å². The number of likely N-dealkylation sites (tertiary alicyclic amines) is 1. The van der Waals surface area contributed by atoms with Gasteiger partial charge in [-0.1, -0.05) is 13.8 Å². The molecular formula is C15H30N2O3. The topological polar surface area (TPSA) is 75.8 Å². The Hall–Kier alpha value is -0.810. The van der Waals surface area contributed by atoms with Crippen LogP contribution >= 0.6 is 0 Å². The fraction of sp³-hybridized carbons (Fsp3) is 0.933. The van der Waals surface area contributed by atoms with Crippen LogP contribution in [0.1, 0.15) is 53.9 Å². The summed E-state index contributed by atoms with van der Waals surface area (Å²) in [6.45, 7) is 10.9. The number of aliphatic hydroxyl groups is 1. The molecule has 1 aliphatic rings. The maximum absolute atomic E-state index is 12.4. The van der Waals surface area contributed by atoms with Gasteiger partial charge in [0.15, 0.2) is 0 Å². The third-order valence-electron chi connectivity index (χ3n) is 3.65. The van der Waals surface area contributed by atoms with E-state index in [1.165, 1.54) is 0 Å². The van der Waals surface area contributed by atoms with Gasteiger partial charge in [-0.05, 0) is 52.0 Å². The van der Waals surface area contributed by atoms with Gasteiger partial charge in [0.25, 0.3) is 0 Å². The highest BCUT2D eigenvalue weighted by Crippen LogP contribution is 2.34. The van der Waals surface area contributed by atoms with E-state index >= 15 is 0 Å². The molecule has 0 radical (unpaired) electrons. The first-order valence-electron chi connectivity index (χ1n) is 7.43. The number of rotatable bonds is 3. The molecule has 5 nitrogen and oxygen atoms in total. The van der Waals surface area contributed by atoms with Crippen LogP contribution in [0.2, 0.25) is 0 Å². The van der Waals surface area contributed by atoms with Crippen LogP contribution in [0, 0.1) is 5.41 Å². The summed E-state index contributed by atoms with van der Waals surface area (Å²) in [5.74, 6) is 0. The van der Waals surface area contributed by atoms with Crippen molar-refractivity contribution >= 4 is 6.09 Å². The number of piperidine rings is 1. The molecule has 1 aliphatic heterocycles. The minimum atomic E-state index is -0.580. The molecule has 0 aromatic carbocycles. The Morgan fingerprint density at radius 3 is 2.60 bits per heavy atom. The van der Waals surface area contributed by atoms with E-state index in [2.05, 4.69) is 13.8 Å². The Bertz CT molecular complexity index is 337. The van der Waals surface area contributed by atoms with Gasteiger partial charge >= 0.3 is 6.09 Å². The van der Waals surface area contributed by atoms with Gasteiger partial charge in [0, 0.05) is 6.54 Å². The fourth-order valence-electron chi connectivity index (χ4n) is 2.64. The first kappa shape index (κ1) is 17.2. The summed E-state index contributed by atoms with van der Waals surface area (Å²) < 4.78 is 5.47. The largest absolute Gasteiger partial charge is 0.444 e. The second-order valence-corrected chi connectivity index (χ2v) is 7.52. The van der Waals surface area contributed by atoms with Gasteiger partial charge < -0.3 is 20.5 Å². The SMILES string of the molecule is CC1(C)CCC([C@H](O)CCN)N(C(=O)OC(C)(C)C)C1. The minimum absolute atomic E-state index is 0.0514. The lowest BCUT2D eigenvalue weighted by molar-refractivity contribution is -0.0381. The van der Waals surface area contributed by atoms with Crippen molar-refractivity contribution < 1.29 is 14.6 Å². The second kappa shape index (κ2) is 6.31. The Kier molecular flexibility index (Phi) is 5.44. The first-order chi connectivity index (χ1) is 9.06. The third-order valence-corrected chi connectivity index (χ3v) is 3.65. The van der Waals surface area contributed by atoms with E-state index in [4.69, 9.17) is 10.5 Å². The van der Waals surface area contributed by atoms with E-state index in [0.717, 1.165) is 12.8 Å². The molecule has 0 aliphatic carbocycles. The average molecular weight is 286 g/mol.